The number of aromatic nitrogens is 2. The zero-order valence-corrected chi connectivity index (χ0v) is 10.9. The molecule has 6 nitrogen and oxygen atoms in total. The van der Waals surface area contributed by atoms with Gasteiger partial charge in [-0.05, 0) is 19.8 Å². The lowest BCUT2D eigenvalue weighted by molar-refractivity contribution is 0.681. The number of H-pyrrole nitrogens is 2. The molecule has 18 heavy (non-hydrogen) atoms. The first-order chi connectivity index (χ1) is 8.58. The van der Waals surface area contributed by atoms with Crippen LogP contribution in [0.5, 0.6) is 0 Å². The molecule has 0 aliphatic carbocycles. The van der Waals surface area contributed by atoms with Crippen LogP contribution in [-0.4, -0.2) is 16.0 Å². The van der Waals surface area contributed by atoms with Crippen LogP contribution in [0.25, 0.3) is 5.70 Å². The molecule has 0 aliphatic rings. The van der Waals surface area contributed by atoms with E-state index in [1.807, 2.05) is 20.8 Å². The monoisotopic (exact) mass is 250 g/mol. The zero-order chi connectivity index (χ0) is 13.5. The molecule has 0 fully saturated rings. The van der Waals surface area contributed by atoms with Crippen molar-refractivity contribution in [2.24, 2.45) is 10.2 Å². The summed E-state index contributed by atoms with van der Waals surface area (Å²) in [6, 6.07) is 0.104. The fraction of sp³-hybridized carbons (Fsp3) is 0.500. The van der Waals surface area contributed by atoms with E-state index >= 15 is 0 Å². The Morgan fingerprint density at radius 2 is 2.17 bits per heavy atom. The molecule has 1 aromatic heterocycles. The van der Waals surface area contributed by atoms with E-state index in [-0.39, 0.29) is 6.04 Å². The van der Waals surface area contributed by atoms with Gasteiger partial charge in [-0.25, -0.2) is 4.79 Å². The van der Waals surface area contributed by atoms with Crippen molar-refractivity contribution in [2.75, 3.05) is 0 Å². The van der Waals surface area contributed by atoms with Gasteiger partial charge in [0.2, 0.25) is 0 Å². The van der Waals surface area contributed by atoms with Crippen LogP contribution < -0.4 is 11.2 Å². The molecule has 1 rings (SSSR count). The molecule has 1 unspecified atom stereocenters. The van der Waals surface area contributed by atoms with Crippen molar-refractivity contribution in [3.63, 3.8) is 0 Å². The van der Waals surface area contributed by atoms with Crippen LogP contribution in [0.15, 0.2) is 32.1 Å². The van der Waals surface area contributed by atoms with Crippen molar-refractivity contribution < 1.29 is 0 Å². The van der Waals surface area contributed by atoms with E-state index in [4.69, 9.17) is 0 Å². The van der Waals surface area contributed by atoms with Gasteiger partial charge >= 0.3 is 5.69 Å². The molecule has 0 radical (unpaired) electrons. The van der Waals surface area contributed by atoms with Gasteiger partial charge in [0.1, 0.15) is 0 Å². The van der Waals surface area contributed by atoms with Gasteiger partial charge in [0, 0.05) is 6.20 Å². The predicted octanol–water partition coefficient (Wildman–Crippen LogP) is 2.06. The molecular formula is C12H18N4O2. The number of allylic oxidation sites excluding steroid dienone is 1. The largest absolute Gasteiger partial charge is 0.325 e. The van der Waals surface area contributed by atoms with Gasteiger partial charge < -0.3 is 4.98 Å². The van der Waals surface area contributed by atoms with Gasteiger partial charge in [0.25, 0.3) is 5.56 Å². The topological polar surface area (TPSA) is 90.4 Å². The lowest BCUT2D eigenvalue weighted by atomic mass is 10.2. The van der Waals surface area contributed by atoms with E-state index < -0.39 is 11.2 Å². The Labute approximate surface area is 105 Å². The third kappa shape index (κ3) is 3.80. The highest BCUT2D eigenvalue weighted by Crippen LogP contribution is 2.13. The summed E-state index contributed by atoms with van der Waals surface area (Å²) < 4.78 is 0. The van der Waals surface area contributed by atoms with Gasteiger partial charge in [0.15, 0.2) is 0 Å². The minimum Gasteiger partial charge on any atom is -0.313 e. The second-order valence-corrected chi connectivity index (χ2v) is 3.96. The average molecular weight is 250 g/mol. The SMILES string of the molecule is CC/C=C(\N=NC(C)CC)c1c[nH]c(=O)[nH]c1=O. The number of nitrogens with zero attached hydrogens (tertiary/aromatic N) is 2. The van der Waals surface area contributed by atoms with E-state index in [0.29, 0.717) is 11.3 Å². The van der Waals surface area contributed by atoms with E-state index in [9.17, 15) is 9.59 Å². The third-order valence-corrected chi connectivity index (χ3v) is 2.45. The van der Waals surface area contributed by atoms with Crippen molar-refractivity contribution in [3.05, 3.63) is 38.7 Å². The second-order valence-electron chi connectivity index (χ2n) is 3.96. The number of azo groups is 1. The van der Waals surface area contributed by atoms with Gasteiger partial charge in [-0.15, -0.1) is 0 Å². The molecule has 0 saturated carbocycles. The highest BCUT2D eigenvalue weighted by Gasteiger charge is 2.06. The van der Waals surface area contributed by atoms with Gasteiger partial charge in [-0.2, -0.15) is 10.2 Å². The molecule has 0 aromatic carbocycles. The van der Waals surface area contributed by atoms with Crippen LogP contribution in [-0.2, 0) is 0 Å². The van der Waals surface area contributed by atoms with Crippen LogP contribution in [0.4, 0.5) is 0 Å². The minimum absolute atomic E-state index is 0.104. The molecule has 6 heteroatoms. The molecule has 2 N–H and O–H groups in total. The van der Waals surface area contributed by atoms with Gasteiger partial charge in [0.05, 0.1) is 17.3 Å². The van der Waals surface area contributed by atoms with Gasteiger partial charge in [-0.1, -0.05) is 19.9 Å². The van der Waals surface area contributed by atoms with Crippen molar-refractivity contribution in [1.82, 2.24) is 9.97 Å². The standard InChI is InChI=1S/C12H18N4O2/c1-4-6-10(16-15-8(3)5-2)9-7-13-12(18)14-11(9)17/h6-8H,4-5H2,1-3H3,(H2,13,14,17,18)/b10-6-,16-15?. The highest BCUT2D eigenvalue weighted by molar-refractivity contribution is 5.62. The summed E-state index contributed by atoms with van der Waals surface area (Å²) in [5.74, 6) is 0. The number of rotatable bonds is 5. The van der Waals surface area contributed by atoms with E-state index in [0.717, 1.165) is 12.8 Å². The molecule has 98 valence electrons. The van der Waals surface area contributed by atoms with Crippen LogP contribution in [0, 0.1) is 0 Å². The Morgan fingerprint density at radius 1 is 1.44 bits per heavy atom. The fourth-order valence-corrected chi connectivity index (χ4v) is 1.24. The van der Waals surface area contributed by atoms with Crippen LogP contribution in [0.1, 0.15) is 39.2 Å². The van der Waals surface area contributed by atoms with Crippen LogP contribution >= 0.6 is 0 Å². The quantitative estimate of drug-likeness (QED) is 0.783. The maximum absolute atomic E-state index is 11.7. The summed E-state index contributed by atoms with van der Waals surface area (Å²) >= 11 is 0. The van der Waals surface area contributed by atoms with Gasteiger partial charge in [-0.3, -0.25) is 9.78 Å². The Bertz CT molecular complexity index is 554. The lowest BCUT2D eigenvalue weighted by Crippen LogP contribution is -2.24. The summed E-state index contributed by atoms with van der Waals surface area (Å²) in [6.45, 7) is 5.91. The Kier molecular flexibility index (Phi) is 5.23. The lowest BCUT2D eigenvalue weighted by Gasteiger charge is -2.02. The van der Waals surface area contributed by atoms with Crippen LogP contribution in [0.3, 0.4) is 0 Å². The molecule has 0 spiro atoms. The minimum atomic E-state index is -0.529. The zero-order valence-electron chi connectivity index (χ0n) is 10.9. The maximum Gasteiger partial charge on any atom is 0.325 e. The summed E-state index contributed by atoms with van der Waals surface area (Å²) in [4.78, 5) is 27.2. The normalized spacial score (nSPS) is 14.1. The molecule has 1 aromatic rings. The third-order valence-electron chi connectivity index (χ3n) is 2.45. The first-order valence-corrected chi connectivity index (χ1v) is 6.01. The highest BCUT2D eigenvalue weighted by atomic mass is 16.2. The van der Waals surface area contributed by atoms with Crippen molar-refractivity contribution >= 4 is 5.70 Å². The Hall–Kier alpha value is -1.98. The van der Waals surface area contributed by atoms with Crippen molar-refractivity contribution in [2.45, 2.75) is 39.7 Å². The number of hydrogen-bond acceptors (Lipinski definition) is 4. The number of aromatic amines is 2. The second kappa shape index (κ2) is 6.68. The molecule has 0 aliphatic heterocycles. The van der Waals surface area contributed by atoms with Crippen LogP contribution in [0.2, 0.25) is 0 Å². The average Bonchev–Trinajstić information content (AvgIpc) is 2.34. The summed E-state index contributed by atoms with van der Waals surface area (Å²) in [5.41, 5.74) is -0.182. The predicted molar refractivity (Wildman–Crippen MR) is 70.6 cm³/mol. The molecule has 0 saturated heterocycles. The van der Waals surface area contributed by atoms with E-state index in [2.05, 4.69) is 20.2 Å². The first kappa shape index (κ1) is 14.1. The Morgan fingerprint density at radius 3 is 2.72 bits per heavy atom. The summed E-state index contributed by atoms with van der Waals surface area (Å²) in [5, 5.41) is 8.20. The molecular weight excluding hydrogens is 232 g/mol. The molecule has 1 atom stereocenters. The summed E-state index contributed by atoms with van der Waals surface area (Å²) in [7, 11) is 0. The number of nitrogens with one attached hydrogen (secondary N) is 2. The molecule has 0 amide bonds. The Balaban J connectivity index is 3.14. The molecule has 1 heterocycles. The number of hydrogen-bond donors (Lipinski definition) is 2. The van der Waals surface area contributed by atoms with E-state index in [1.165, 1.54) is 6.20 Å². The van der Waals surface area contributed by atoms with Crippen molar-refractivity contribution in [1.29, 1.82) is 0 Å². The smallest absolute Gasteiger partial charge is 0.313 e. The van der Waals surface area contributed by atoms with Crippen molar-refractivity contribution in [3.8, 4) is 0 Å². The fourth-order valence-electron chi connectivity index (χ4n) is 1.24. The first-order valence-electron chi connectivity index (χ1n) is 6.01. The van der Waals surface area contributed by atoms with E-state index in [1.54, 1.807) is 6.08 Å². The molecule has 0 bridgehead atoms. The maximum atomic E-state index is 11.7. The summed E-state index contributed by atoms with van der Waals surface area (Å²) in [6.07, 6.45) is 4.77.